The molecule has 2 unspecified atom stereocenters. The predicted octanol–water partition coefficient (Wildman–Crippen LogP) is 2.93. The molecule has 1 saturated carbocycles. The van der Waals surface area contributed by atoms with Crippen LogP contribution >= 0.6 is 0 Å². The van der Waals surface area contributed by atoms with Crippen molar-refractivity contribution in [3.05, 3.63) is 35.9 Å². The summed E-state index contributed by atoms with van der Waals surface area (Å²) < 4.78 is 0. The first-order valence-electron chi connectivity index (χ1n) is 7.69. The van der Waals surface area contributed by atoms with Gasteiger partial charge < -0.3 is 10.0 Å². The molecular formula is C17H23NO3. The molecule has 4 nitrogen and oxygen atoms in total. The zero-order valence-corrected chi connectivity index (χ0v) is 12.5. The molecule has 114 valence electrons. The Labute approximate surface area is 125 Å². The van der Waals surface area contributed by atoms with Crippen LogP contribution in [0.4, 0.5) is 0 Å². The van der Waals surface area contributed by atoms with Gasteiger partial charge in [-0.25, -0.2) is 0 Å². The lowest BCUT2D eigenvalue weighted by Gasteiger charge is -2.32. The first kappa shape index (κ1) is 15.5. The lowest BCUT2D eigenvalue weighted by molar-refractivity contribution is -0.152. The largest absolute Gasteiger partial charge is 0.481 e. The molecule has 1 aromatic carbocycles. The fraction of sp³-hybridized carbons (Fsp3) is 0.529. The van der Waals surface area contributed by atoms with Gasteiger partial charge in [0.2, 0.25) is 5.91 Å². The molecule has 4 heteroatoms. The number of amides is 1. The maximum absolute atomic E-state index is 12.7. The molecule has 2 rings (SSSR count). The Kier molecular flexibility index (Phi) is 5.37. The molecular weight excluding hydrogens is 266 g/mol. The van der Waals surface area contributed by atoms with Gasteiger partial charge in [-0.1, -0.05) is 43.2 Å². The van der Waals surface area contributed by atoms with Crippen molar-refractivity contribution in [2.75, 3.05) is 6.54 Å². The van der Waals surface area contributed by atoms with E-state index in [2.05, 4.69) is 0 Å². The fourth-order valence-electron chi connectivity index (χ4n) is 3.11. The normalized spacial score (nSPS) is 21.8. The van der Waals surface area contributed by atoms with Gasteiger partial charge in [0.15, 0.2) is 0 Å². The van der Waals surface area contributed by atoms with Crippen LogP contribution < -0.4 is 0 Å². The quantitative estimate of drug-likeness (QED) is 0.906. The van der Waals surface area contributed by atoms with Crippen molar-refractivity contribution in [2.24, 2.45) is 11.8 Å². The monoisotopic (exact) mass is 289 g/mol. The molecule has 1 fully saturated rings. The van der Waals surface area contributed by atoms with E-state index in [4.69, 9.17) is 0 Å². The van der Waals surface area contributed by atoms with E-state index in [0.29, 0.717) is 25.9 Å². The van der Waals surface area contributed by atoms with E-state index in [1.165, 1.54) is 0 Å². The van der Waals surface area contributed by atoms with E-state index in [1.807, 2.05) is 37.3 Å². The molecule has 0 saturated heterocycles. The van der Waals surface area contributed by atoms with Gasteiger partial charge in [-0.05, 0) is 25.3 Å². The number of hydrogen-bond acceptors (Lipinski definition) is 2. The summed E-state index contributed by atoms with van der Waals surface area (Å²) in [6.45, 7) is 3.11. The third-order valence-electron chi connectivity index (χ3n) is 4.31. The highest BCUT2D eigenvalue weighted by atomic mass is 16.4. The average Bonchev–Trinajstić information content (AvgIpc) is 2.53. The molecule has 21 heavy (non-hydrogen) atoms. The minimum atomic E-state index is -0.830. The van der Waals surface area contributed by atoms with Crippen LogP contribution in [0.5, 0.6) is 0 Å². The summed E-state index contributed by atoms with van der Waals surface area (Å²) in [5, 5.41) is 9.33. The Balaban J connectivity index is 2.09. The van der Waals surface area contributed by atoms with Gasteiger partial charge in [0.05, 0.1) is 11.8 Å². The van der Waals surface area contributed by atoms with Crippen molar-refractivity contribution < 1.29 is 14.7 Å². The Morgan fingerprint density at radius 3 is 2.33 bits per heavy atom. The SMILES string of the molecule is CCN(Cc1ccccc1)C(=O)C1CCCCC1C(=O)O. The van der Waals surface area contributed by atoms with E-state index in [1.54, 1.807) is 4.90 Å². The van der Waals surface area contributed by atoms with Crippen LogP contribution in [0.25, 0.3) is 0 Å². The van der Waals surface area contributed by atoms with Crippen LogP contribution in [-0.4, -0.2) is 28.4 Å². The number of aliphatic carboxylic acids is 1. The molecule has 0 aromatic heterocycles. The van der Waals surface area contributed by atoms with Gasteiger partial charge in [-0.15, -0.1) is 0 Å². The van der Waals surface area contributed by atoms with Gasteiger partial charge in [0.1, 0.15) is 0 Å². The lowest BCUT2D eigenvalue weighted by atomic mass is 9.78. The lowest BCUT2D eigenvalue weighted by Crippen LogP contribution is -2.42. The minimum absolute atomic E-state index is 0.00606. The number of carbonyl (C=O) groups is 2. The molecule has 1 aliphatic carbocycles. The van der Waals surface area contributed by atoms with E-state index >= 15 is 0 Å². The Morgan fingerprint density at radius 2 is 1.76 bits per heavy atom. The van der Waals surface area contributed by atoms with Crippen LogP contribution in [-0.2, 0) is 16.1 Å². The van der Waals surface area contributed by atoms with Crippen LogP contribution in [0.3, 0.4) is 0 Å². The number of carboxylic acids is 1. The molecule has 1 N–H and O–H groups in total. The van der Waals surface area contributed by atoms with Crippen LogP contribution in [0.15, 0.2) is 30.3 Å². The number of hydrogen-bond donors (Lipinski definition) is 1. The summed E-state index contributed by atoms with van der Waals surface area (Å²) in [5.74, 6) is -1.71. The van der Waals surface area contributed by atoms with E-state index in [9.17, 15) is 14.7 Å². The van der Waals surface area contributed by atoms with E-state index < -0.39 is 11.9 Å². The summed E-state index contributed by atoms with van der Waals surface area (Å²) in [7, 11) is 0. The molecule has 0 aliphatic heterocycles. The maximum atomic E-state index is 12.7. The molecule has 1 aliphatic rings. The topological polar surface area (TPSA) is 57.6 Å². The van der Waals surface area contributed by atoms with Gasteiger partial charge in [0, 0.05) is 13.1 Å². The first-order chi connectivity index (χ1) is 10.1. The highest BCUT2D eigenvalue weighted by Gasteiger charge is 2.37. The second-order valence-electron chi connectivity index (χ2n) is 5.67. The second kappa shape index (κ2) is 7.25. The number of rotatable bonds is 5. The van der Waals surface area contributed by atoms with Crippen LogP contribution in [0.2, 0.25) is 0 Å². The van der Waals surface area contributed by atoms with Crippen molar-refractivity contribution >= 4 is 11.9 Å². The van der Waals surface area contributed by atoms with Gasteiger partial charge in [-0.2, -0.15) is 0 Å². The van der Waals surface area contributed by atoms with Gasteiger partial charge in [0.25, 0.3) is 0 Å². The van der Waals surface area contributed by atoms with Crippen LogP contribution in [0.1, 0.15) is 38.2 Å². The second-order valence-corrected chi connectivity index (χ2v) is 5.67. The molecule has 0 heterocycles. The third-order valence-corrected chi connectivity index (χ3v) is 4.31. The molecule has 0 radical (unpaired) electrons. The highest BCUT2D eigenvalue weighted by molar-refractivity contribution is 5.85. The van der Waals surface area contributed by atoms with Crippen molar-refractivity contribution in [3.63, 3.8) is 0 Å². The van der Waals surface area contributed by atoms with Crippen molar-refractivity contribution in [1.82, 2.24) is 4.90 Å². The number of carboxylic acid groups (broad SMARTS) is 1. The molecule has 2 atom stereocenters. The van der Waals surface area contributed by atoms with Gasteiger partial charge >= 0.3 is 5.97 Å². The summed E-state index contributed by atoms with van der Waals surface area (Å²) >= 11 is 0. The number of benzene rings is 1. The van der Waals surface area contributed by atoms with E-state index in [0.717, 1.165) is 18.4 Å². The summed E-state index contributed by atoms with van der Waals surface area (Å²) in [6, 6.07) is 9.84. The maximum Gasteiger partial charge on any atom is 0.307 e. The zero-order valence-electron chi connectivity index (χ0n) is 12.5. The van der Waals surface area contributed by atoms with Crippen LogP contribution in [0, 0.1) is 11.8 Å². The first-order valence-corrected chi connectivity index (χ1v) is 7.69. The molecule has 0 bridgehead atoms. The molecule has 1 amide bonds. The number of carbonyl (C=O) groups excluding carboxylic acids is 1. The summed E-state index contributed by atoms with van der Waals surface area (Å²) in [4.78, 5) is 25.9. The fourth-order valence-corrected chi connectivity index (χ4v) is 3.11. The number of nitrogens with zero attached hydrogens (tertiary/aromatic N) is 1. The van der Waals surface area contributed by atoms with Crippen molar-refractivity contribution in [3.8, 4) is 0 Å². The van der Waals surface area contributed by atoms with Gasteiger partial charge in [-0.3, -0.25) is 9.59 Å². The van der Waals surface area contributed by atoms with Crippen molar-refractivity contribution in [2.45, 2.75) is 39.2 Å². The zero-order chi connectivity index (χ0) is 15.2. The van der Waals surface area contributed by atoms with Crippen molar-refractivity contribution in [1.29, 1.82) is 0 Å². The smallest absolute Gasteiger partial charge is 0.307 e. The molecule has 0 spiro atoms. The Hall–Kier alpha value is -1.84. The Bertz CT molecular complexity index is 486. The summed E-state index contributed by atoms with van der Waals surface area (Å²) in [6.07, 6.45) is 3.17. The summed E-state index contributed by atoms with van der Waals surface area (Å²) in [5.41, 5.74) is 1.08. The average molecular weight is 289 g/mol. The third kappa shape index (κ3) is 3.84. The minimum Gasteiger partial charge on any atom is -0.481 e. The van der Waals surface area contributed by atoms with E-state index in [-0.39, 0.29) is 11.8 Å². The highest BCUT2D eigenvalue weighted by Crippen LogP contribution is 2.32. The Morgan fingerprint density at radius 1 is 1.14 bits per heavy atom. The predicted molar refractivity (Wildman–Crippen MR) is 80.6 cm³/mol. The molecule has 1 aromatic rings. The standard InChI is InChI=1S/C17H23NO3/c1-2-18(12-13-8-4-3-5-9-13)16(19)14-10-6-7-11-15(14)17(20)21/h3-5,8-9,14-15H,2,6-7,10-12H2,1H3,(H,20,21).